The lowest BCUT2D eigenvalue weighted by molar-refractivity contribution is -0.133. The Kier molecular flexibility index (Phi) is 7.96. The molecular weight excluding hydrogens is 232 g/mol. The van der Waals surface area contributed by atoms with Crippen molar-refractivity contribution in [2.45, 2.75) is 32.8 Å². The fourth-order valence-corrected chi connectivity index (χ4v) is 1.76. The summed E-state index contributed by atoms with van der Waals surface area (Å²) >= 11 is 0. The quantitative estimate of drug-likeness (QED) is 0.649. The van der Waals surface area contributed by atoms with Gasteiger partial charge in [-0.05, 0) is 13.3 Å². The molecule has 0 aromatic rings. The van der Waals surface area contributed by atoms with Gasteiger partial charge >= 0.3 is 0 Å². The van der Waals surface area contributed by atoms with Crippen molar-refractivity contribution < 1.29 is 14.3 Å². The summed E-state index contributed by atoms with van der Waals surface area (Å²) in [6.07, 6.45) is 1.78. The number of hydrogen-bond acceptors (Lipinski definition) is 4. The van der Waals surface area contributed by atoms with Crippen LogP contribution in [0, 0.1) is 0 Å². The highest BCUT2D eigenvalue weighted by atomic mass is 16.5. The third kappa shape index (κ3) is 6.33. The van der Waals surface area contributed by atoms with Crippen molar-refractivity contribution in [1.29, 1.82) is 0 Å². The number of carbonyl (C=O) groups excluding carboxylic acids is 1. The van der Waals surface area contributed by atoms with Crippen molar-refractivity contribution in [3.8, 4) is 0 Å². The molecule has 1 N–H and O–H groups in total. The second-order valence-corrected chi connectivity index (χ2v) is 4.58. The zero-order valence-corrected chi connectivity index (χ0v) is 11.6. The highest BCUT2D eigenvalue weighted by Gasteiger charge is 2.15. The molecule has 5 nitrogen and oxygen atoms in total. The highest BCUT2D eigenvalue weighted by molar-refractivity contribution is 5.76. The number of carbonyl (C=O) groups is 1. The van der Waals surface area contributed by atoms with Crippen molar-refractivity contribution in [3.63, 3.8) is 0 Å². The van der Waals surface area contributed by atoms with Gasteiger partial charge in [0.25, 0.3) is 0 Å². The maximum absolute atomic E-state index is 11.8. The molecule has 0 aromatic heterocycles. The van der Waals surface area contributed by atoms with Gasteiger partial charge in [-0.1, -0.05) is 6.92 Å². The minimum absolute atomic E-state index is 0.194. The van der Waals surface area contributed by atoms with Crippen LogP contribution < -0.4 is 5.32 Å². The Bertz CT molecular complexity index is 230. The van der Waals surface area contributed by atoms with Gasteiger partial charge in [-0.3, -0.25) is 4.79 Å². The molecule has 0 bridgehead atoms. The van der Waals surface area contributed by atoms with Crippen molar-refractivity contribution >= 4 is 5.91 Å². The van der Waals surface area contributed by atoms with E-state index < -0.39 is 0 Å². The lowest BCUT2D eigenvalue weighted by Crippen LogP contribution is -2.46. The van der Waals surface area contributed by atoms with E-state index in [1.54, 1.807) is 0 Å². The van der Waals surface area contributed by atoms with E-state index in [0.29, 0.717) is 26.2 Å². The summed E-state index contributed by atoms with van der Waals surface area (Å²) in [5, 5.41) is 3.23. The summed E-state index contributed by atoms with van der Waals surface area (Å²) in [4.78, 5) is 13.7. The van der Waals surface area contributed by atoms with Crippen molar-refractivity contribution in [2.24, 2.45) is 0 Å². The lowest BCUT2D eigenvalue weighted by Gasteiger charge is -2.27. The van der Waals surface area contributed by atoms with Crippen LogP contribution in [0.15, 0.2) is 0 Å². The van der Waals surface area contributed by atoms with Crippen LogP contribution in [-0.2, 0) is 14.3 Å². The van der Waals surface area contributed by atoms with Crippen LogP contribution in [0.1, 0.15) is 26.7 Å². The number of hydrogen-bond donors (Lipinski definition) is 1. The summed E-state index contributed by atoms with van der Waals surface area (Å²) < 4.78 is 10.9. The maximum Gasteiger partial charge on any atom is 0.224 e. The van der Waals surface area contributed by atoms with E-state index in [9.17, 15) is 4.79 Å². The molecule has 1 heterocycles. The van der Waals surface area contributed by atoms with Gasteiger partial charge in [0.1, 0.15) is 0 Å². The number of piperazine rings is 1. The van der Waals surface area contributed by atoms with Gasteiger partial charge in [0.15, 0.2) is 0 Å². The van der Waals surface area contributed by atoms with E-state index in [4.69, 9.17) is 9.47 Å². The molecule has 1 atom stereocenters. The van der Waals surface area contributed by atoms with Crippen LogP contribution in [0.3, 0.4) is 0 Å². The normalized spacial score (nSPS) is 17.8. The molecule has 1 saturated heterocycles. The number of ether oxygens (including phenoxy) is 2. The number of nitrogens with one attached hydrogen (secondary N) is 1. The molecule has 0 spiro atoms. The zero-order valence-electron chi connectivity index (χ0n) is 11.6. The van der Waals surface area contributed by atoms with Crippen LogP contribution in [0.5, 0.6) is 0 Å². The molecule has 1 unspecified atom stereocenters. The molecule has 1 fully saturated rings. The topological polar surface area (TPSA) is 50.8 Å². The maximum atomic E-state index is 11.8. The second kappa shape index (κ2) is 9.30. The van der Waals surface area contributed by atoms with E-state index in [1.165, 1.54) is 0 Å². The highest BCUT2D eigenvalue weighted by Crippen LogP contribution is 1.98. The molecular formula is C13H26N2O3. The van der Waals surface area contributed by atoms with Crippen LogP contribution in [0.4, 0.5) is 0 Å². The molecule has 1 aliphatic rings. The van der Waals surface area contributed by atoms with Crippen molar-refractivity contribution in [2.75, 3.05) is 46.0 Å². The third-order valence-corrected chi connectivity index (χ3v) is 3.13. The van der Waals surface area contributed by atoms with Crippen LogP contribution in [-0.4, -0.2) is 62.9 Å². The van der Waals surface area contributed by atoms with E-state index in [-0.39, 0.29) is 12.0 Å². The molecule has 1 amide bonds. The first-order valence-electron chi connectivity index (χ1n) is 6.92. The molecule has 18 heavy (non-hydrogen) atoms. The third-order valence-electron chi connectivity index (χ3n) is 3.13. The van der Waals surface area contributed by atoms with Gasteiger partial charge in [-0.25, -0.2) is 0 Å². The summed E-state index contributed by atoms with van der Waals surface area (Å²) in [6, 6.07) is 0. The van der Waals surface area contributed by atoms with Gasteiger partial charge in [-0.2, -0.15) is 0 Å². The number of rotatable bonds is 8. The fraction of sp³-hybridized carbons (Fsp3) is 0.923. The Morgan fingerprint density at radius 2 is 2.00 bits per heavy atom. The van der Waals surface area contributed by atoms with E-state index >= 15 is 0 Å². The minimum atomic E-state index is 0.194. The molecule has 0 radical (unpaired) electrons. The van der Waals surface area contributed by atoms with Crippen molar-refractivity contribution in [1.82, 2.24) is 10.2 Å². The summed E-state index contributed by atoms with van der Waals surface area (Å²) in [6.45, 7) is 9.24. The second-order valence-electron chi connectivity index (χ2n) is 4.58. The zero-order chi connectivity index (χ0) is 13.2. The number of amides is 1. The Morgan fingerprint density at radius 1 is 1.28 bits per heavy atom. The van der Waals surface area contributed by atoms with Crippen molar-refractivity contribution in [3.05, 3.63) is 0 Å². The van der Waals surface area contributed by atoms with Crippen LogP contribution >= 0.6 is 0 Å². The predicted molar refractivity (Wildman–Crippen MR) is 70.6 cm³/mol. The van der Waals surface area contributed by atoms with Gasteiger partial charge in [0, 0.05) is 26.2 Å². The predicted octanol–water partition coefficient (Wildman–Crippen LogP) is 0.640. The minimum Gasteiger partial charge on any atom is -0.379 e. The lowest BCUT2D eigenvalue weighted by atomic mass is 10.3. The van der Waals surface area contributed by atoms with Gasteiger partial charge in [0.2, 0.25) is 5.91 Å². The molecule has 0 saturated carbocycles. The Balaban J connectivity index is 1.95. The number of nitrogens with zero attached hydrogens (tertiary/aromatic N) is 1. The van der Waals surface area contributed by atoms with Gasteiger partial charge in [0.05, 0.1) is 32.3 Å². The van der Waals surface area contributed by atoms with Gasteiger partial charge < -0.3 is 19.7 Å². The van der Waals surface area contributed by atoms with Crippen LogP contribution in [0.2, 0.25) is 0 Å². The average molecular weight is 258 g/mol. The smallest absolute Gasteiger partial charge is 0.224 e. The molecule has 1 aliphatic heterocycles. The fourth-order valence-electron chi connectivity index (χ4n) is 1.76. The summed E-state index contributed by atoms with van der Waals surface area (Å²) in [5.41, 5.74) is 0. The molecule has 106 valence electrons. The molecule has 0 aliphatic carbocycles. The molecule has 5 heteroatoms. The SMILES string of the molecule is CCC(C)OCCOCCC(=O)N1CCNCC1. The average Bonchev–Trinajstić information content (AvgIpc) is 2.43. The first kappa shape index (κ1) is 15.4. The first-order valence-corrected chi connectivity index (χ1v) is 6.92. The standard InChI is InChI=1S/C13H26N2O3/c1-3-12(2)18-11-10-17-9-4-13(16)15-7-5-14-6-8-15/h12,14H,3-11H2,1-2H3. The molecule has 0 aromatic carbocycles. The Hall–Kier alpha value is -0.650. The van der Waals surface area contributed by atoms with E-state index in [2.05, 4.69) is 12.2 Å². The first-order chi connectivity index (χ1) is 8.74. The summed E-state index contributed by atoms with van der Waals surface area (Å²) in [7, 11) is 0. The molecule has 1 rings (SSSR count). The Morgan fingerprint density at radius 3 is 2.67 bits per heavy atom. The monoisotopic (exact) mass is 258 g/mol. The largest absolute Gasteiger partial charge is 0.379 e. The van der Waals surface area contributed by atoms with Gasteiger partial charge in [-0.15, -0.1) is 0 Å². The van der Waals surface area contributed by atoms with E-state index in [0.717, 1.165) is 32.6 Å². The Labute approximate surface area is 110 Å². The van der Waals surface area contributed by atoms with E-state index in [1.807, 2.05) is 11.8 Å². The van der Waals surface area contributed by atoms with Crippen LogP contribution in [0.25, 0.3) is 0 Å². The summed E-state index contributed by atoms with van der Waals surface area (Å²) in [5.74, 6) is 0.194.